The third-order valence-electron chi connectivity index (χ3n) is 21.5. The third-order valence-corrected chi connectivity index (χ3v) is 21.5. The summed E-state index contributed by atoms with van der Waals surface area (Å²) < 4.78 is 0. The molecule has 16 aromatic rings. The van der Waals surface area contributed by atoms with Crippen LogP contribution in [0.1, 0.15) is 128 Å². The van der Waals surface area contributed by atoms with E-state index in [0.29, 0.717) is 0 Å². The van der Waals surface area contributed by atoms with Crippen LogP contribution in [0.4, 0.5) is 0 Å². The second-order valence-corrected chi connectivity index (χ2v) is 32.3. The minimum absolute atomic E-state index is 0.0917. The van der Waals surface area contributed by atoms with Gasteiger partial charge in [-0.2, -0.15) is 0 Å². The topological polar surface area (TPSA) is 0 Å². The van der Waals surface area contributed by atoms with Crippen LogP contribution in [0, 0.1) is 0 Å². The van der Waals surface area contributed by atoms with Crippen molar-refractivity contribution in [3.63, 3.8) is 0 Å². The van der Waals surface area contributed by atoms with Gasteiger partial charge in [-0.15, -0.1) is 0 Å². The number of hydrogen-bond donors (Lipinski definition) is 0. The predicted octanol–water partition coefficient (Wildman–Crippen LogP) is 28.7. The van der Waals surface area contributed by atoms with E-state index in [1.54, 1.807) is 0 Å². The van der Waals surface area contributed by atoms with Crippen molar-refractivity contribution in [2.24, 2.45) is 0 Å². The van der Waals surface area contributed by atoms with Gasteiger partial charge in [0.15, 0.2) is 0 Å². The summed E-state index contributed by atoms with van der Waals surface area (Å²) in [6.45, 7) is 27.4. The highest BCUT2D eigenvalue weighted by Crippen LogP contribution is 2.63. The van der Waals surface area contributed by atoms with Crippen molar-refractivity contribution in [3.05, 3.63) is 384 Å². The third kappa shape index (κ3) is 12.6. The molecular formula is C103H92. The average molecular weight is 1330 g/mol. The van der Waals surface area contributed by atoms with Crippen molar-refractivity contribution in [2.75, 3.05) is 0 Å². The molecule has 0 fully saturated rings. The lowest BCUT2D eigenvalue weighted by molar-refractivity contribution is 0.588. The van der Waals surface area contributed by atoms with Crippen LogP contribution in [0.2, 0.25) is 0 Å². The monoisotopic (exact) mass is 1330 g/mol. The van der Waals surface area contributed by atoms with Crippen molar-refractivity contribution >= 4 is 53.9 Å². The molecule has 0 heterocycles. The lowest BCUT2D eigenvalue weighted by Crippen LogP contribution is -2.26. The molecule has 0 heteroatoms. The first-order chi connectivity index (χ1) is 49.7. The summed E-state index contributed by atoms with van der Waals surface area (Å²) in [5.74, 6) is 0. The molecule has 16 aromatic carbocycles. The highest BCUT2D eigenvalue weighted by Gasteiger charge is 2.51. The van der Waals surface area contributed by atoms with Crippen molar-refractivity contribution in [1.82, 2.24) is 0 Å². The molecule has 18 rings (SSSR count). The lowest BCUT2D eigenvalue weighted by Gasteiger charge is -2.31. The van der Waals surface area contributed by atoms with Crippen molar-refractivity contribution < 1.29 is 0 Å². The summed E-state index contributed by atoms with van der Waals surface area (Å²) in [6, 6.07) is 124. The highest BCUT2D eigenvalue weighted by atomic mass is 14.5. The van der Waals surface area contributed by atoms with Gasteiger partial charge in [0.1, 0.15) is 0 Å². The van der Waals surface area contributed by atoms with Crippen LogP contribution in [0.15, 0.2) is 340 Å². The zero-order chi connectivity index (χ0) is 71.4. The van der Waals surface area contributed by atoms with Gasteiger partial charge in [0, 0.05) is 0 Å². The Morgan fingerprint density at radius 3 is 0.864 bits per heavy atom. The SMILES string of the molecule is CC(C)(C)c1c2ccccc2c(-c2ccccc2)c2ccccc12.CC(C)(C)c1ccc(-c2c3ccccc3c(-c3ccccc3)c3ccccc23)cc1.CC(C)(C)c1ccc(-c2ccc3ccccc3c2)cc1.CC(C)(C)c1ccc2c(c1)C1(c3ccccc3-c3ccccc31)c1ccccc1-2. The van der Waals surface area contributed by atoms with Crippen LogP contribution in [0.5, 0.6) is 0 Å². The van der Waals surface area contributed by atoms with Crippen LogP contribution in [0.25, 0.3) is 121 Å². The molecule has 0 saturated heterocycles. The first kappa shape index (κ1) is 67.6. The van der Waals surface area contributed by atoms with Crippen LogP contribution in [-0.2, 0) is 27.1 Å². The molecule has 0 aliphatic heterocycles. The first-order valence-corrected chi connectivity index (χ1v) is 36.8. The molecule has 0 nitrogen and oxygen atoms in total. The van der Waals surface area contributed by atoms with Crippen LogP contribution in [-0.4, -0.2) is 0 Å². The molecule has 504 valence electrons. The van der Waals surface area contributed by atoms with E-state index in [1.165, 1.54) is 165 Å². The molecule has 2 aliphatic carbocycles. The molecule has 0 amide bonds. The molecule has 0 N–H and O–H groups in total. The zero-order valence-electron chi connectivity index (χ0n) is 61.8. The van der Waals surface area contributed by atoms with E-state index in [1.807, 2.05) is 0 Å². The van der Waals surface area contributed by atoms with Crippen molar-refractivity contribution in [3.8, 4) is 66.8 Å². The Morgan fingerprint density at radius 2 is 0.476 bits per heavy atom. The second-order valence-electron chi connectivity index (χ2n) is 32.3. The summed E-state index contributed by atoms with van der Waals surface area (Å²) in [7, 11) is 0. The Morgan fingerprint density at radius 1 is 0.184 bits per heavy atom. The molecule has 1 spiro atoms. The second kappa shape index (κ2) is 27.0. The summed E-state index contributed by atoms with van der Waals surface area (Å²) in [5, 5.41) is 13.2. The normalized spacial score (nSPS) is 12.7. The molecule has 0 unspecified atom stereocenters. The Balaban J connectivity index is 0.000000112. The smallest absolute Gasteiger partial charge is 0.0622 e. The van der Waals surface area contributed by atoms with Crippen LogP contribution >= 0.6 is 0 Å². The van der Waals surface area contributed by atoms with E-state index in [9.17, 15) is 0 Å². The standard InChI is InChI=1S/C30H26.C29H24.C24H22.C20H20/c1-30(2,3)23-19-17-22(18-20-23)29-26-15-9-7-13-24(26)28(21-11-5-4-6-12-21)25-14-8-10-16-27(25)29;1-28(2,3)19-16-17-23-22-12-6-9-15-26(22)29(27(23)18-19)24-13-7-4-10-20(24)21-11-5-8-14-25(21)29;1-24(2,3)23-20-15-9-7-13-18(20)22(17-11-5-4-6-12-17)19-14-8-10-16-21(19)23;1-20(2,3)19-12-10-16(11-13-19)18-9-8-15-6-4-5-7-17(15)14-18/h4-20H,1-3H3;4-18H,1-3H3;4-16H,1-3H3;4-14H,1-3H3. The summed E-state index contributed by atoms with van der Waals surface area (Å²) in [6.07, 6.45) is 0. The molecule has 0 bridgehead atoms. The van der Waals surface area contributed by atoms with Gasteiger partial charge < -0.3 is 0 Å². The Hall–Kier alpha value is -11.2. The number of fused-ring (bicyclic) bond motifs is 15. The molecule has 0 atom stereocenters. The lowest BCUT2D eigenvalue weighted by atomic mass is 9.69. The highest BCUT2D eigenvalue weighted by molar-refractivity contribution is 6.21. The Bertz CT molecular complexity index is 5620. The fraction of sp³-hybridized carbons (Fsp3) is 0.165. The van der Waals surface area contributed by atoms with E-state index < -0.39 is 0 Å². The predicted molar refractivity (Wildman–Crippen MR) is 446 cm³/mol. The van der Waals surface area contributed by atoms with E-state index in [4.69, 9.17) is 0 Å². The molecule has 0 saturated carbocycles. The fourth-order valence-electron chi connectivity index (χ4n) is 16.4. The Labute approximate surface area is 611 Å². The maximum atomic E-state index is 2.48. The molecule has 0 aromatic heterocycles. The fourth-order valence-corrected chi connectivity index (χ4v) is 16.4. The van der Waals surface area contributed by atoms with Gasteiger partial charge in [-0.3, -0.25) is 0 Å². The van der Waals surface area contributed by atoms with Gasteiger partial charge >= 0.3 is 0 Å². The van der Waals surface area contributed by atoms with Crippen LogP contribution < -0.4 is 0 Å². The van der Waals surface area contributed by atoms with Gasteiger partial charge in [0.25, 0.3) is 0 Å². The zero-order valence-corrected chi connectivity index (χ0v) is 61.8. The first-order valence-electron chi connectivity index (χ1n) is 36.8. The van der Waals surface area contributed by atoms with Crippen LogP contribution in [0.3, 0.4) is 0 Å². The molecule has 103 heavy (non-hydrogen) atoms. The molecule has 0 radical (unpaired) electrons. The van der Waals surface area contributed by atoms with Gasteiger partial charge in [0.05, 0.1) is 5.41 Å². The summed E-state index contributed by atoms with van der Waals surface area (Å²) in [5.41, 5.74) is 27.4. The van der Waals surface area contributed by atoms with Crippen molar-refractivity contribution in [2.45, 2.75) is 110 Å². The van der Waals surface area contributed by atoms with Gasteiger partial charge in [-0.25, -0.2) is 0 Å². The van der Waals surface area contributed by atoms with Crippen molar-refractivity contribution in [1.29, 1.82) is 0 Å². The quantitative estimate of drug-likeness (QED) is 0.154. The van der Waals surface area contributed by atoms with E-state index in [0.717, 1.165) is 0 Å². The minimum atomic E-state index is -0.222. The maximum absolute atomic E-state index is 2.48. The number of benzene rings is 16. The van der Waals surface area contributed by atoms with E-state index in [-0.39, 0.29) is 27.1 Å². The minimum Gasteiger partial charge on any atom is -0.0622 e. The number of hydrogen-bond acceptors (Lipinski definition) is 0. The van der Waals surface area contributed by atoms with Gasteiger partial charge in [-0.05, 0) is 193 Å². The summed E-state index contributed by atoms with van der Waals surface area (Å²) >= 11 is 0. The number of rotatable bonds is 4. The molecule has 2 aliphatic rings. The maximum Gasteiger partial charge on any atom is 0.0725 e. The van der Waals surface area contributed by atoms with Gasteiger partial charge in [0.2, 0.25) is 0 Å². The average Bonchev–Trinajstić information content (AvgIpc) is 1.50. The Kier molecular flexibility index (Phi) is 17.7. The van der Waals surface area contributed by atoms with E-state index >= 15 is 0 Å². The largest absolute Gasteiger partial charge is 0.0725 e. The van der Waals surface area contributed by atoms with Gasteiger partial charge in [-0.1, -0.05) is 417 Å². The molecular weight excluding hydrogens is 1240 g/mol. The summed E-state index contributed by atoms with van der Waals surface area (Å²) in [4.78, 5) is 0. The van der Waals surface area contributed by atoms with E-state index in [2.05, 4.69) is 423 Å².